The molecule has 0 aliphatic carbocycles. The van der Waals surface area contributed by atoms with Crippen molar-refractivity contribution in [3.63, 3.8) is 0 Å². The maximum atomic E-state index is 12.5. The summed E-state index contributed by atoms with van der Waals surface area (Å²) in [4.78, 5) is 0.266. The van der Waals surface area contributed by atoms with E-state index in [1.807, 2.05) is 24.3 Å². The van der Waals surface area contributed by atoms with Gasteiger partial charge in [-0.15, -0.1) is 0 Å². The molecule has 0 amide bonds. The number of ether oxygens (including phenoxy) is 1. The number of benzene rings is 2. The van der Waals surface area contributed by atoms with E-state index in [0.29, 0.717) is 18.6 Å². The van der Waals surface area contributed by atoms with E-state index in [1.165, 1.54) is 0 Å². The molecule has 7 heteroatoms. The Balaban J connectivity index is 1.46. The first-order chi connectivity index (χ1) is 12.1. The Morgan fingerprint density at radius 3 is 2.96 bits per heavy atom. The highest BCUT2D eigenvalue weighted by Crippen LogP contribution is 2.27. The first-order valence-corrected chi connectivity index (χ1v) is 9.70. The molecule has 6 nitrogen and oxygen atoms in total. The molecule has 0 saturated heterocycles. The predicted octanol–water partition coefficient (Wildman–Crippen LogP) is 2.67. The van der Waals surface area contributed by atoms with E-state index in [2.05, 4.69) is 9.88 Å². The maximum Gasteiger partial charge on any atom is 0.240 e. The van der Waals surface area contributed by atoms with E-state index < -0.39 is 10.0 Å². The van der Waals surface area contributed by atoms with Crippen molar-refractivity contribution in [2.75, 3.05) is 13.2 Å². The highest BCUT2D eigenvalue weighted by atomic mass is 32.2. The van der Waals surface area contributed by atoms with Crippen molar-refractivity contribution in [2.24, 2.45) is 0 Å². The molecule has 0 radical (unpaired) electrons. The monoisotopic (exact) mass is 358 g/mol. The van der Waals surface area contributed by atoms with Gasteiger partial charge in [0.2, 0.25) is 10.0 Å². The molecule has 3 aromatic rings. The quantitative estimate of drug-likeness (QED) is 0.758. The molecule has 1 aliphatic rings. The molecule has 4 rings (SSSR count). The average Bonchev–Trinajstić information content (AvgIpc) is 3.04. The number of fused-ring (bicyclic) bond motifs is 2. The van der Waals surface area contributed by atoms with Gasteiger partial charge in [-0.3, -0.25) is 0 Å². The highest BCUT2D eigenvalue weighted by molar-refractivity contribution is 7.89. The van der Waals surface area contributed by atoms with Crippen molar-refractivity contribution in [1.82, 2.24) is 9.88 Å². The van der Waals surface area contributed by atoms with E-state index in [4.69, 9.17) is 9.26 Å². The summed E-state index contributed by atoms with van der Waals surface area (Å²) in [7, 11) is -3.56. The lowest BCUT2D eigenvalue weighted by Crippen LogP contribution is -2.26. The van der Waals surface area contributed by atoms with Gasteiger partial charge in [-0.05, 0) is 48.7 Å². The number of nitrogens with zero attached hydrogens (tertiary/aromatic N) is 1. The van der Waals surface area contributed by atoms with Crippen LogP contribution in [0.4, 0.5) is 0 Å². The van der Waals surface area contributed by atoms with E-state index in [-0.39, 0.29) is 11.4 Å². The van der Waals surface area contributed by atoms with Gasteiger partial charge in [0, 0.05) is 18.4 Å². The van der Waals surface area contributed by atoms with Gasteiger partial charge in [-0.25, -0.2) is 13.1 Å². The van der Waals surface area contributed by atoms with Crippen LogP contribution in [-0.2, 0) is 22.9 Å². The molecule has 0 unspecified atom stereocenters. The van der Waals surface area contributed by atoms with E-state index in [9.17, 15) is 8.42 Å². The fraction of sp³-hybridized carbons (Fsp3) is 0.278. The number of aromatic nitrogens is 1. The second kappa shape index (κ2) is 6.50. The first kappa shape index (κ1) is 16.1. The summed E-state index contributed by atoms with van der Waals surface area (Å²) in [5.74, 6) is 0.777. The van der Waals surface area contributed by atoms with E-state index >= 15 is 0 Å². The van der Waals surface area contributed by atoms with Gasteiger partial charge in [0.15, 0.2) is 5.58 Å². The normalized spacial score (nSPS) is 14.2. The van der Waals surface area contributed by atoms with Crippen LogP contribution in [0.2, 0.25) is 0 Å². The van der Waals surface area contributed by atoms with Crippen molar-refractivity contribution in [3.8, 4) is 5.75 Å². The minimum Gasteiger partial charge on any atom is -0.493 e. The molecule has 0 saturated carbocycles. The summed E-state index contributed by atoms with van der Waals surface area (Å²) < 4.78 is 38.4. The topological polar surface area (TPSA) is 81.4 Å². The number of para-hydroxylation sites is 1. The summed E-state index contributed by atoms with van der Waals surface area (Å²) in [6.45, 7) is 0.940. The zero-order chi connectivity index (χ0) is 17.3. The summed E-state index contributed by atoms with van der Waals surface area (Å²) in [5, 5.41) is 4.93. The van der Waals surface area contributed by atoms with E-state index in [1.54, 1.807) is 18.2 Å². The number of sulfonamides is 1. The lowest BCUT2D eigenvalue weighted by atomic mass is 10.1. The molecule has 0 atom stereocenters. The van der Waals surface area contributed by atoms with Crippen molar-refractivity contribution in [1.29, 1.82) is 0 Å². The van der Waals surface area contributed by atoms with Gasteiger partial charge in [-0.2, -0.15) is 0 Å². The van der Waals surface area contributed by atoms with Crippen LogP contribution < -0.4 is 9.46 Å². The van der Waals surface area contributed by atoms with Crippen LogP contribution in [0.1, 0.15) is 17.7 Å². The number of rotatable bonds is 5. The SMILES string of the molecule is O=S(=O)(NCCc1noc2ccccc12)c1ccc2c(c1)CCCO2. The Hall–Kier alpha value is -2.38. The van der Waals surface area contributed by atoms with Gasteiger partial charge in [0.25, 0.3) is 0 Å². The van der Waals surface area contributed by atoms with Gasteiger partial charge in [-0.1, -0.05) is 17.3 Å². The molecule has 2 aromatic carbocycles. The number of nitrogens with one attached hydrogen (secondary N) is 1. The minimum absolute atomic E-state index is 0.256. The lowest BCUT2D eigenvalue weighted by Gasteiger charge is -2.18. The van der Waals surface area contributed by atoms with Crippen LogP contribution in [-0.4, -0.2) is 26.7 Å². The average molecular weight is 358 g/mol. The molecule has 130 valence electrons. The number of hydrogen-bond acceptors (Lipinski definition) is 5. The molecule has 1 aliphatic heterocycles. The Morgan fingerprint density at radius 1 is 1.16 bits per heavy atom. The first-order valence-electron chi connectivity index (χ1n) is 8.22. The molecule has 1 N–H and O–H groups in total. The number of aryl methyl sites for hydroxylation is 1. The number of hydrogen-bond donors (Lipinski definition) is 1. The Kier molecular flexibility index (Phi) is 4.19. The molecular formula is C18H18N2O4S. The summed E-state index contributed by atoms with van der Waals surface area (Å²) in [5.41, 5.74) is 2.39. The minimum atomic E-state index is -3.56. The zero-order valence-corrected chi connectivity index (χ0v) is 14.4. The standard InChI is InChI=1S/C18H18N2O4S/c21-25(22,14-7-8-17-13(12-14)4-3-11-23-17)19-10-9-16-15-5-1-2-6-18(15)24-20-16/h1-2,5-8,12,19H,3-4,9-11H2. The van der Waals surface area contributed by atoms with Gasteiger partial charge >= 0.3 is 0 Å². The molecule has 0 spiro atoms. The van der Waals surface area contributed by atoms with Crippen LogP contribution >= 0.6 is 0 Å². The van der Waals surface area contributed by atoms with Crippen molar-refractivity contribution < 1.29 is 17.7 Å². The molecular weight excluding hydrogens is 340 g/mol. The third-order valence-electron chi connectivity index (χ3n) is 4.30. The Morgan fingerprint density at radius 2 is 2.04 bits per heavy atom. The van der Waals surface area contributed by atoms with Crippen molar-refractivity contribution in [2.45, 2.75) is 24.2 Å². The second-order valence-electron chi connectivity index (χ2n) is 5.99. The fourth-order valence-corrected chi connectivity index (χ4v) is 4.09. The van der Waals surface area contributed by atoms with Crippen molar-refractivity contribution >= 4 is 21.0 Å². The smallest absolute Gasteiger partial charge is 0.240 e. The largest absolute Gasteiger partial charge is 0.493 e. The Bertz CT molecular complexity index is 1010. The van der Waals surface area contributed by atoms with Crippen LogP contribution in [0, 0.1) is 0 Å². The lowest BCUT2D eigenvalue weighted by molar-refractivity contribution is 0.288. The maximum absolute atomic E-state index is 12.5. The van der Waals surface area contributed by atoms with Crippen LogP contribution in [0.5, 0.6) is 5.75 Å². The summed E-state index contributed by atoms with van der Waals surface area (Å²) in [6.07, 6.45) is 2.21. The fourth-order valence-electron chi connectivity index (χ4n) is 3.01. The van der Waals surface area contributed by atoms with E-state index in [0.717, 1.165) is 35.2 Å². The third kappa shape index (κ3) is 3.25. The van der Waals surface area contributed by atoms with Gasteiger partial charge < -0.3 is 9.26 Å². The van der Waals surface area contributed by atoms with Crippen LogP contribution in [0.15, 0.2) is 51.9 Å². The van der Waals surface area contributed by atoms with Gasteiger partial charge in [0.05, 0.1) is 17.2 Å². The molecule has 0 bridgehead atoms. The molecule has 0 fully saturated rings. The van der Waals surface area contributed by atoms with Gasteiger partial charge in [0.1, 0.15) is 5.75 Å². The second-order valence-corrected chi connectivity index (χ2v) is 7.76. The molecule has 25 heavy (non-hydrogen) atoms. The highest BCUT2D eigenvalue weighted by Gasteiger charge is 2.18. The zero-order valence-electron chi connectivity index (χ0n) is 13.6. The summed E-state index contributed by atoms with van der Waals surface area (Å²) in [6, 6.07) is 12.5. The summed E-state index contributed by atoms with van der Waals surface area (Å²) >= 11 is 0. The third-order valence-corrected chi connectivity index (χ3v) is 5.76. The van der Waals surface area contributed by atoms with Crippen LogP contribution in [0.3, 0.4) is 0 Å². The molecule has 1 aromatic heterocycles. The molecule has 2 heterocycles. The van der Waals surface area contributed by atoms with Crippen molar-refractivity contribution in [3.05, 3.63) is 53.7 Å². The predicted molar refractivity (Wildman–Crippen MR) is 93.2 cm³/mol. The Labute approximate surface area is 145 Å². The van der Waals surface area contributed by atoms with Crippen LogP contribution in [0.25, 0.3) is 11.0 Å².